The number of hydrogen-bond acceptors (Lipinski definition) is 6. The Labute approximate surface area is 126 Å². The lowest BCUT2D eigenvalue weighted by molar-refractivity contribution is -0.133. The third-order valence-corrected chi connectivity index (χ3v) is 4.61. The van der Waals surface area contributed by atoms with E-state index in [2.05, 4.69) is 10.6 Å². The molecular weight excluding hydrogens is 300 g/mol. The van der Waals surface area contributed by atoms with Gasteiger partial charge >= 0.3 is 5.97 Å². The molecule has 0 saturated heterocycles. The maximum atomic E-state index is 11.6. The van der Waals surface area contributed by atoms with Gasteiger partial charge in [-0.05, 0) is 18.8 Å². The third kappa shape index (κ3) is 4.45. The molecule has 20 heavy (non-hydrogen) atoms. The van der Waals surface area contributed by atoms with E-state index in [1.165, 1.54) is 25.6 Å². The molecule has 0 fully saturated rings. The summed E-state index contributed by atoms with van der Waals surface area (Å²) in [6.45, 7) is 2.71. The zero-order valence-electron chi connectivity index (χ0n) is 11.6. The Kier molecular flexibility index (Phi) is 6.41. The molecule has 1 aliphatic rings. The fraction of sp³-hybridized carbons (Fsp3) is 0.583. The fourth-order valence-electron chi connectivity index (χ4n) is 1.84. The molecule has 1 rings (SSSR count). The first-order chi connectivity index (χ1) is 9.36. The number of carbonyl (C=O) groups is 3. The quantitative estimate of drug-likeness (QED) is 0.654. The molecule has 0 saturated carbocycles. The van der Waals surface area contributed by atoms with Crippen LogP contribution in [0.2, 0.25) is 0 Å². The van der Waals surface area contributed by atoms with Crippen LogP contribution < -0.4 is 10.6 Å². The molecule has 2 unspecified atom stereocenters. The highest BCUT2D eigenvalue weighted by molar-refractivity contribution is 8.00. The van der Waals surface area contributed by atoms with Gasteiger partial charge in [0.05, 0.1) is 0 Å². The van der Waals surface area contributed by atoms with Gasteiger partial charge in [0.15, 0.2) is 5.78 Å². The molecule has 8 heteroatoms. The van der Waals surface area contributed by atoms with Crippen molar-refractivity contribution in [3.05, 3.63) is 11.3 Å². The number of carbonyl (C=O) groups excluding carboxylic acids is 2. The average Bonchev–Trinajstić information content (AvgIpc) is 2.36. The number of carboxylic acid groups (broad SMARTS) is 1. The number of hydrogen-bond donors (Lipinski definition) is 3. The van der Waals surface area contributed by atoms with Crippen LogP contribution in [0.3, 0.4) is 0 Å². The van der Waals surface area contributed by atoms with Crippen LogP contribution in [0.15, 0.2) is 11.3 Å². The van der Waals surface area contributed by atoms with Crippen LogP contribution in [0.4, 0.5) is 0 Å². The summed E-state index contributed by atoms with van der Waals surface area (Å²) < 4.78 is 0. The number of rotatable bonds is 6. The average molecular weight is 318 g/mol. The van der Waals surface area contributed by atoms with E-state index in [1.807, 2.05) is 6.26 Å². The molecule has 1 aliphatic heterocycles. The smallest absolute Gasteiger partial charge is 0.351 e. The minimum absolute atomic E-state index is 0.139. The molecular formula is C12H18N2O4S2. The number of carboxylic acids is 1. The lowest BCUT2D eigenvalue weighted by Gasteiger charge is -2.32. The Morgan fingerprint density at radius 2 is 2.15 bits per heavy atom. The molecule has 0 aliphatic carbocycles. The number of Topliss-reactive ketones (excluding diaryl/α,β-unsaturated/α-hetero) is 1. The predicted molar refractivity (Wildman–Crippen MR) is 80.7 cm³/mol. The van der Waals surface area contributed by atoms with Crippen LogP contribution in [0.25, 0.3) is 0 Å². The largest absolute Gasteiger partial charge is 0.477 e. The van der Waals surface area contributed by atoms with Gasteiger partial charge in [-0.2, -0.15) is 11.8 Å². The van der Waals surface area contributed by atoms with Crippen LogP contribution in [0.1, 0.15) is 13.8 Å². The van der Waals surface area contributed by atoms with E-state index in [0.717, 1.165) is 5.57 Å². The number of thioether (sulfide) groups is 2. The van der Waals surface area contributed by atoms with Crippen LogP contribution in [-0.4, -0.2) is 51.9 Å². The van der Waals surface area contributed by atoms with E-state index in [9.17, 15) is 19.5 Å². The van der Waals surface area contributed by atoms with Crippen molar-refractivity contribution in [2.24, 2.45) is 0 Å². The van der Waals surface area contributed by atoms with Gasteiger partial charge in [-0.3, -0.25) is 9.59 Å². The molecule has 1 heterocycles. The second kappa shape index (κ2) is 7.58. The highest BCUT2D eigenvalue weighted by atomic mass is 32.2. The van der Waals surface area contributed by atoms with Crippen molar-refractivity contribution in [3.8, 4) is 0 Å². The standard InChI is InChI=1S/C12H18N2O4S2/c1-6(15)9(13-7(2)16)11-14-10(12(17)18)8(4-19-3)5-20-11/h9,11,14H,4-5H2,1-3H3,(H,13,16)(H,17,18). The maximum absolute atomic E-state index is 11.6. The fourth-order valence-corrected chi connectivity index (χ4v) is 3.84. The Hall–Kier alpha value is -1.15. The van der Waals surface area contributed by atoms with Gasteiger partial charge in [0, 0.05) is 18.4 Å². The molecule has 0 aromatic carbocycles. The number of aliphatic carboxylic acids is 1. The molecule has 2 atom stereocenters. The molecule has 0 aromatic rings. The van der Waals surface area contributed by atoms with Crippen molar-refractivity contribution in [1.82, 2.24) is 10.6 Å². The van der Waals surface area contributed by atoms with Crippen molar-refractivity contribution in [1.29, 1.82) is 0 Å². The molecule has 0 bridgehead atoms. The van der Waals surface area contributed by atoms with E-state index in [-0.39, 0.29) is 17.4 Å². The lowest BCUT2D eigenvalue weighted by Crippen LogP contribution is -2.53. The number of nitrogens with one attached hydrogen (secondary N) is 2. The maximum Gasteiger partial charge on any atom is 0.351 e. The first-order valence-electron chi connectivity index (χ1n) is 5.96. The van der Waals surface area contributed by atoms with Gasteiger partial charge in [-0.1, -0.05) is 0 Å². The normalized spacial score (nSPS) is 20.1. The lowest BCUT2D eigenvalue weighted by atomic mass is 10.1. The van der Waals surface area contributed by atoms with Gasteiger partial charge in [-0.15, -0.1) is 11.8 Å². The molecule has 112 valence electrons. The second-order valence-corrected chi connectivity index (χ2v) is 6.38. The molecule has 0 spiro atoms. The van der Waals surface area contributed by atoms with E-state index in [0.29, 0.717) is 11.5 Å². The second-order valence-electron chi connectivity index (χ2n) is 4.38. The number of amides is 1. The Morgan fingerprint density at radius 1 is 1.50 bits per heavy atom. The molecule has 0 aromatic heterocycles. The zero-order chi connectivity index (χ0) is 15.3. The summed E-state index contributed by atoms with van der Waals surface area (Å²) >= 11 is 2.97. The monoisotopic (exact) mass is 318 g/mol. The van der Waals surface area contributed by atoms with E-state index >= 15 is 0 Å². The molecule has 1 amide bonds. The zero-order valence-corrected chi connectivity index (χ0v) is 13.2. The molecule has 6 nitrogen and oxygen atoms in total. The summed E-state index contributed by atoms with van der Waals surface area (Å²) in [7, 11) is 0. The number of ketones is 1. The highest BCUT2D eigenvalue weighted by Crippen LogP contribution is 2.26. The van der Waals surface area contributed by atoms with Crippen molar-refractivity contribution in [2.45, 2.75) is 25.3 Å². The van der Waals surface area contributed by atoms with Gasteiger partial charge < -0.3 is 15.7 Å². The minimum atomic E-state index is -1.04. The van der Waals surface area contributed by atoms with Crippen LogP contribution in [-0.2, 0) is 14.4 Å². The summed E-state index contributed by atoms with van der Waals surface area (Å²) in [4.78, 5) is 34.1. The summed E-state index contributed by atoms with van der Waals surface area (Å²) in [6.07, 6.45) is 1.90. The van der Waals surface area contributed by atoms with Crippen LogP contribution in [0.5, 0.6) is 0 Å². The van der Waals surface area contributed by atoms with Crippen molar-refractivity contribution in [2.75, 3.05) is 17.8 Å². The van der Waals surface area contributed by atoms with E-state index < -0.39 is 17.4 Å². The summed E-state index contributed by atoms with van der Waals surface area (Å²) in [6, 6.07) is -0.734. The van der Waals surface area contributed by atoms with Gasteiger partial charge in [0.25, 0.3) is 0 Å². The highest BCUT2D eigenvalue weighted by Gasteiger charge is 2.33. The molecule has 3 N–H and O–H groups in total. The third-order valence-electron chi connectivity index (χ3n) is 2.71. The Balaban J connectivity index is 2.93. The Bertz CT molecular complexity index is 451. The van der Waals surface area contributed by atoms with Crippen molar-refractivity contribution >= 4 is 41.2 Å². The summed E-state index contributed by atoms with van der Waals surface area (Å²) in [5.74, 6) is -0.404. The first kappa shape index (κ1) is 16.9. The summed E-state index contributed by atoms with van der Waals surface area (Å²) in [5, 5.41) is 14.2. The minimum Gasteiger partial charge on any atom is -0.477 e. The Morgan fingerprint density at radius 3 is 2.60 bits per heavy atom. The van der Waals surface area contributed by atoms with E-state index in [1.54, 1.807) is 11.8 Å². The van der Waals surface area contributed by atoms with Crippen molar-refractivity contribution in [3.63, 3.8) is 0 Å². The first-order valence-corrected chi connectivity index (χ1v) is 8.41. The summed E-state index contributed by atoms with van der Waals surface area (Å²) in [5.41, 5.74) is 0.941. The topological polar surface area (TPSA) is 95.5 Å². The van der Waals surface area contributed by atoms with Gasteiger partial charge in [0.2, 0.25) is 5.91 Å². The van der Waals surface area contributed by atoms with Crippen LogP contribution >= 0.6 is 23.5 Å². The van der Waals surface area contributed by atoms with Crippen LogP contribution in [0, 0.1) is 0 Å². The van der Waals surface area contributed by atoms with E-state index in [4.69, 9.17) is 0 Å². The predicted octanol–water partition coefficient (Wildman–Crippen LogP) is 0.444. The van der Waals surface area contributed by atoms with Gasteiger partial charge in [-0.25, -0.2) is 4.79 Å². The van der Waals surface area contributed by atoms with Gasteiger partial charge in [0.1, 0.15) is 17.1 Å². The van der Waals surface area contributed by atoms with Crippen molar-refractivity contribution < 1.29 is 19.5 Å². The molecule has 0 radical (unpaired) electrons. The SMILES string of the molecule is CSCC1=C(C(=O)O)NC(C(NC(C)=O)C(C)=O)SC1.